The van der Waals surface area contributed by atoms with Gasteiger partial charge in [-0.2, -0.15) is 0 Å². The molecule has 2 saturated heterocycles. The van der Waals surface area contributed by atoms with Gasteiger partial charge in [-0.1, -0.05) is 20.8 Å². The van der Waals surface area contributed by atoms with Gasteiger partial charge in [-0.05, 0) is 30.2 Å². The Bertz CT molecular complexity index is 131. The summed E-state index contributed by atoms with van der Waals surface area (Å²) in [6, 6.07) is 0.866. The monoisotopic (exact) mass is 139 g/mol. The van der Waals surface area contributed by atoms with Gasteiger partial charge in [-0.25, -0.2) is 0 Å². The molecule has 58 valence electrons. The maximum atomic E-state index is 3.55. The molecule has 0 amide bonds. The van der Waals surface area contributed by atoms with E-state index in [9.17, 15) is 0 Å². The second-order valence-electron chi connectivity index (χ2n) is 4.90. The summed E-state index contributed by atoms with van der Waals surface area (Å²) < 4.78 is 0. The van der Waals surface area contributed by atoms with Crippen molar-refractivity contribution < 1.29 is 0 Å². The third-order valence-corrected chi connectivity index (χ3v) is 3.14. The quantitative estimate of drug-likeness (QED) is 0.538. The summed E-state index contributed by atoms with van der Waals surface area (Å²) in [4.78, 5) is 0. The van der Waals surface area contributed by atoms with Crippen molar-refractivity contribution in [3.63, 3.8) is 0 Å². The van der Waals surface area contributed by atoms with Gasteiger partial charge in [0.15, 0.2) is 0 Å². The summed E-state index contributed by atoms with van der Waals surface area (Å²) in [6.45, 7) is 8.38. The third kappa shape index (κ3) is 0.731. The minimum atomic E-state index is 0.539. The van der Waals surface area contributed by atoms with Gasteiger partial charge in [-0.15, -0.1) is 0 Å². The molecule has 1 N–H and O–H groups in total. The van der Waals surface area contributed by atoms with Crippen molar-refractivity contribution in [2.45, 2.75) is 33.2 Å². The van der Waals surface area contributed by atoms with Gasteiger partial charge in [0.2, 0.25) is 0 Å². The Labute approximate surface area is 63.2 Å². The van der Waals surface area contributed by atoms with Crippen LogP contribution in [-0.2, 0) is 0 Å². The van der Waals surface area contributed by atoms with Crippen molar-refractivity contribution in [1.29, 1.82) is 0 Å². The number of hydrogen-bond acceptors (Lipinski definition) is 1. The summed E-state index contributed by atoms with van der Waals surface area (Å²) in [5, 5.41) is 3.55. The van der Waals surface area contributed by atoms with Gasteiger partial charge >= 0.3 is 0 Å². The summed E-state index contributed by atoms with van der Waals surface area (Å²) in [5.74, 6) is 1.97. The molecule has 3 fully saturated rings. The molecule has 0 spiro atoms. The maximum absolute atomic E-state index is 3.55. The van der Waals surface area contributed by atoms with Gasteiger partial charge in [0.25, 0.3) is 0 Å². The fraction of sp³-hybridized carbons (Fsp3) is 1.00. The summed E-state index contributed by atoms with van der Waals surface area (Å²) in [7, 11) is 0. The van der Waals surface area contributed by atoms with E-state index >= 15 is 0 Å². The SMILES string of the molecule is CC(C)(C)C1[C@H]2CN[C@@H]1C2. The lowest BCUT2D eigenvalue weighted by atomic mass is 9.61. The zero-order chi connectivity index (χ0) is 7.35. The average molecular weight is 139 g/mol. The van der Waals surface area contributed by atoms with Gasteiger partial charge < -0.3 is 5.32 Å². The molecule has 0 radical (unpaired) electrons. The fourth-order valence-corrected chi connectivity index (χ4v) is 2.79. The van der Waals surface area contributed by atoms with Gasteiger partial charge in [0.05, 0.1) is 0 Å². The number of rotatable bonds is 0. The van der Waals surface area contributed by atoms with Crippen molar-refractivity contribution in [3.8, 4) is 0 Å². The summed E-state index contributed by atoms with van der Waals surface area (Å²) in [6.07, 6.45) is 1.45. The standard InChI is InChI=1S/C9H17N/c1-9(2,3)8-6-4-7(8)10-5-6/h6-8,10H,4-5H2,1-3H3/t6-,7-,8?/m1/s1. The third-order valence-electron chi connectivity index (χ3n) is 3.14. The second kappa shape index (κ2) is 1.76. The van der Waals surface area contributed by atoms with Crippen LogP contribution in [0.4, 0.5) is 0 Å². The molecule has 1 nitrogen and oxygen atoms in total. The van der Waals surface area contributed by atoms with Crippen molar-refractivity contribution in [3.05, 3.63) is 0 Å². The highest BCUT2D eigenvalue weighted by Gasteiger charge is 2.51. The normalized spacial score (nSPS) is 45.3. The van der Waals surface area contributed by atoms with Crippen molar-refractivity contribution in [1.82, 2.24) is 5.32 Å². The van der Waals surface area contributed by atoms with Crippen LogP contribution in [0, 0.1) is 17.3 Å². The minimum Gasteiger partial charge on any atom is -0.313 e. The lowest BCUT2D eigenvalue weighted by Crippen LogP contribution is -2.44. The predicted octanol–water partition coefficient (Wildman–Crippen LogP) is 1.64. The summed E-state index contributed by atoms with van der Waals surface area (Å²) >= 11 is 0. The molecule has 1 saturated carbocycles. The Morgan fingerprint density at radius 1 is 1.30 bits per heavy atom. The highest BCUT2D eigenvalue weighted by atomic mass is 15.0. The van der Waals surface area contributed by atoms with Crippen LogP contribution in [0.15, 0.2) is 0 Å². The van der Waals surface area contributed by atoms with Crippen LogP contribution in [0.25, 0.3) is 0 Å². The Balaban J connectivity index is 2.09. The van der Waals surface area contributed by atoms with E-state index in [0.717, 1.165) is 17.9 Å². The molecule has 0 aromatic carbocycles. The first-order valence-corrected chi connectivity index (χ1v) is 4.32. The van der Waals surface area contributed by atoms with Crippen LogP contribution < -0.4 is 5.32 Å². The molecule has 10 heavy (non-hydrogen) atoms. The zero-order valence-electron chi connectivity index (χ0n) is 7.15. The maximum Gasteiger partial charge on any atom is 0.0107 e. The predicted molar refractivity (Wildman–Crippen MR) is 42.8 cm³/mol. The van der Waals surface area contributed by atoms with E-state index in [4.69, 9.17) is 0 Å². The van der Waals surface area contributed by atoms with Crippen LogP contribution in [0.3, 0.4) is 0 Å². The first-order valence-electron chi connectivity index (χ1n) is 4.32. The topological polar surface area (TPSA) is 12.0 Å². The molecule has 2 heterocycles. The largest absolute Gasteiger partial charge is 0.313 e. The first-order chi connectivity index (χ1) is 4.59. The van der Waals surface area contributed by atoms with Crippen LogP contribution in [0.5, 0.6) is 0 Å². The molecular formula is C9H17N. The van der Waals surface area contributed by atoms with Crippen LogP contribution in [0.2, 0.25) is 0 Å². The Hall–Kier alpha value is -0.0400. The van der Waals surface area contributed by atoms with E-state index in [0.29, 0.717) is 5.41 Å². The number of fused-ring (bicyclic) bond motifs is 1. The van der Waals surface area contributed by atoms with Crippen LogP contribution >= 0.6 is 0 Å². The molecule has 1 aliphatic carbocycles. The van der Waals surface area contributed by atoms with Gasteiger partial charge in [-0.3, -0.25) is 0 Å². The molecule has 3 aliphatic rings. The van der Waals surface area contributed by atoms with E-state index < -0.39 is 0 Å². The van der Waals surface area contributed by atoms with Crippen molar-refractivity contribution in [2.24, 2.45) is 17.3 Å². The van der Waals surface area contributed by atoms with Gasteiger partial charge in [0.1, 0.15) is 0 Å². The Morgan fingerprint density at radius 3 is 2.20 bits per heavy atom. The molecule has 1 unspecified atom stereocenters. The molecule has 2 aliphatic heterocycles. The molecule has 2 bridgehead atoms. The van der Waals surface area contributed by atoms with Crippen LogP contribution in [0.1, 0.15) is 27.2 Å². The van der Waals surface area contributed by atoms with E-state index in [1.165, 1.54) is 13.0 Å². The molecule has 0 aromatic heterocycles. The van der Waals surface area contributed by atoms with E-state index in [1.807, 2.05) is 0 Å². The smallest absolute Gasteiger partial charge is 0.0107 e. The zero-order valence-corrected chi connectivity index (χ0v) is 7.15. The fourth-order valence-electron chi connectivity index (χ4n) is 2.79. The molecule has 3 atom stereocenters. The molecule has 3 rings (SSSR count). The van der Waals surface area contributed by atoms with Crippen molar-refractivity contribution in [2.75, 3.05) is 6.54 Å². The highest BCUT2D eigenvalue weighted by Crippen LogP contribution is 2.49. The molecular weight excluding hydrogens is 122 g/mol. The van der Waals surface area contributed by atoms with Crippen LogP contribution in [-0.4, -0.2) is 12.6 Å². The summed E-state index contributed by atoms with van der Waals surface area (Å²) in [5.41, 5.74) is 0.539. The second-order valence-corrected chi connectivity index (χ2v) is 4.90. The number of nitrogens with one attached hydrogen (secondary N) is 1. The minimum absolute atomic E-state index is 0.539. The lowest BCUT2D eigenvalue weighted by molar-refractivity contribution is 0.0809. The van der Waals surface area contributed by atoms with Gasteiger partial charge in [0, 0.05) is 6.04 Å². The van der Waals surface area contributed by atoms with E-state index in [2.05, 4.69) is 26.1 Å². The van der Waals surface area contributed by atoms with E-state index in [-0.39, 0.29) is 0 Å². The Kier molecular flexibility index (Phi) is 1.17. The first kappa shape index (κ1) is 6.66. The Morgan fingerprint density at radius 2 is 2.00 bits per heavy atom. The van der Waals surface area contributed by atoms with E-state index in [1.54, 1.807) is 0 Å². The highest BCUT2D eigenvalue weighted by molar-refractivity contribution is 5.06. The van der Waals surface area contributed by atoms with Crippen molar-refractivity contribution >= 4 is 0 Å². The molecule has 1 heteroatoms. The molecule has 0 aromatic rings. The number of hydrogen-bond donors (Lipinski definition) is 1. The average Bonchev–Trinajstić information content (AvgIpc) is 2.08. The lowest BCUT2D eigenvalue weighted by Gasteiger charge is -2.44.